The van der Waals surface area contributed by atoms with Crippen LogP contribution in [0, 0.1) is 23.2 Å². The average molecular weight is 316 g/mol. The van der Waals surface area contributed by atoms with E-state index in [1.54, 1.807) is 11.1 Å². The van der Waals surface area contributed by atoms with Gasteiger partial charge in [-0.2, -0.15) is 0 Å². The highest BCUT2D eigenvalue weighted by Gasteiger charge is 2.66. The van der Waals surface area contributed by atoms with Crippen LogP contribution in [0.1, 0.15) is 61.6 Å². The molecule has 8 bridgehead atoms. The topological polar surface area (TPSA) is 17.1 Å². The van der Waals surface area contributed by atoms with Crippen molar-refractivity contribution in [1.82, 2.24) is 0 Å². The van der Waals surface area contributed by atoms with E-state index in [4.69, 9.17) is 0 Å². The van der Waals surface area contributed by atoms with Gasteiger partial charge >= 0.3 is 0 Å². The van der Waals surface area contributed by atoms with Gasteiger partial charge in [-0.05, 0) is 79.9 Å². The Balaban J connectivity index is 1.66. The van der Waals surface area contributed by atoms with Crippen molar-refractivity contribution >= 4 is 5.78 Å². The number of fused-ring (bicyclic) bond motifs is 4. The van der Waals surface area contributed by atoms with Gasteiger partial charge in [-0.25, -0.2) is 0 Å². The number of rotatable bonds is 0. The highest BCUT2D eigenvalue weighted by Crippen LogP contribution is 2.74. The fourth-order valence-electron chi connectivity index (χ4n) is 8.54. The minimum absolute atomic E-state index is 0.291. The molecule has 3 atom stereocenters. The second-order valence-corrected chi connectivity index (χ2v) is 9.62. The van der Waals surface area contributed by atoms with Gasteiger partial charge in [0.05, 0.1) is 0 Å². The first kappa shape index (κ1) is 12.9. The molecule has 7 aliphatic carbocycles. The summed E-state index contributed by atoms with van der Waals surface area (Å²) < 4.78 is 0. The van der Waals surface area contributed by atoms with Gasteiger partial charge in [-0.15, -0.1) is 0 Å². The number of benzene rings is 1. The molecule has 7 aliphatic rings. The molecule has 1 aromatic carbocycles. The zero-order valence-electron chi connectivity index (χ0n) is 14.2. The standard InChI is InChI=1S/C23H24O/c24-19-10-14-2-1-3-17-16(14)11-18(19)23-9-6-15(12-23)21-20(23)13-4-7-22(17,21)8-5-13/h1-3,13,15,18H,4-12H2. The van der Waals surface area contributed by atoms with Crippen molar-refractivity contribution in [2.24, 2.45) is 23.2 Å². The van der Waals surface area contributed by atoms with E-state index in [0.29, 0.717) is 29.0 Å². The van der Waals surface area contributed by atoms with Crippen molar-refractivity contribution in [1.29, 1.82) is 0 Å². The summed E-state index contributed by atoms with van der Waals surface area (Å²) in [4.78, 5) is 13.2. The molecule has 0 aliphatic heterocycles. The molecule has 0 aromatic heterocycles. The van der Waals surface area contributed by atoms with E-state index in [9.17, 15) is 4.79 Å². The van der Waals surface area contributed by atoms with E-state index in [2.05, 4.69) is 18.2 Å². The molecule has 0 radical (unpaired) electrons. The molecule has 0 heterocycles. The summed E-state index contributed by atoms with van der Waals surface area (Å²) >= 11 is 0. The van der Waals surface area contributed by atoms with Crippen LogP contribution in [0.25, 0.3) is 0 Å². The molecule has 0 N–H and O–H groups in total. The van der Waals surface area contributed by atoms with Crippen molar-refractivity contribution < 1.29 is 4.79 Å². The van der Waals surface area contributed by atoms with Crippen molar-refractivity contribution in [2.45, 2.75) is 63.2 Å². The molecule has 2 fully saturated rings. The summed E-state index contributed by atoms with van der Waals surface area (Å²) in [6.07, 6.45) is 11.3. The van der Waals surface area contributed by atoms with E-state index in [1.807, 2.05) is 11.1 Å². The molecule has 24 heavy (non-hydrogen) atoms. The lowest BCUT2D eigenvalue weighted by Gasteiger charge is -2.57. The fourth-order valence-corrected chi connectivity index (χ4v) is 8.54. The zero-order valence-corrected chi connectivity index (χ0v) is 14.2. The molecule has 1 heteroatoms. The summed E-state index contributed by atoms with van der Waals surface area (Å²) in [6, 6.07) is 6.95. The number of hydrogen-bond donors (Lipinski definition) is 0. The Kier molecular flexibility index (Phi) is 2.01. The quantitative estimate of drug-likeness (QED) is 0.643. The summed E-state index contributed by atoms with van der Waals surface area (Å²) in [5, 5.41) is 0. The third-order valence-electron chi connectivity index (χ3n) is 9.16. The van der Waals surface area contributed by atoms with E-state index in [1.165, 1.54) is 50.5 Å². The van der Waals surface area contributed by atoms with Gasteiger partial charge in [0.2, 0.25) is 0 Å². The number of allylic oxidation sites excluding steroid dienone is 2. The molecule has 1 nitrogen and oxygen atoms in total. The van der Waals surface area contributed by atoms with Crippen LogP contribution in [0.5, 0.6) is 0 Å². The third kappa shape index (κ3) is 1.14. The highest BCUT2D eigenvalue weighted by molar-refractivity contribution is 5.88. The first-order valence-corrected chi connectivity index (χ1v) is 10.1. The maximum Gasteiger partial charge on any atom is 0.141 e. The van der Waals surface area contributed by atoms with Crippen LogP contribution in [-0.2, 0) is 23.1 Å². The van der Waals surface area contributed by atoms with E-state index in [-0.39, 0.29) is 0 Å². The molecule has 8 rings (SSSR count). The minimum atomic E-state index is 0.291. The van der Waals surface area contributed by atoms with Crippen LogP contribution in [0.15, 0.2) is 29.3 Å². The summed E-state index contributed by atoms with van der Waals surface area (Å²) in [7, 11) is 0. The lowest BCUT2D eigenvalue weighted by molar-refractivity contribution is -0.126. The Bertz CT molecular complexity index is 851. The summed E-state index contributed by atoms with van der Waals surface area (Å²) in [5.41, 5.74) is 9.02. The largest absolute Gasteiger partial charge is 0.299 e. The minimum Gasteiger partial charge on any atom is -0.299 e. The van der Waals surface area contributed by atoms with Gasteiger partial charge in [-0.3, -0.25) is 4.79 Å². The Labute approximate surface area is 143 Å². The van der Waals surface area contributed by atoms with Crippen molar-refractivity contribution in [3.05, 3.63) is 46.0 Å². The molecule has 2 saturated carbocycles. The number of Topliss-reactive ketones (excluding diaryl/α,β-unsaturated/α-hetero) is 1. The van der Waals surface area contributed by atoms with E-state index in [0.717, 1.165) is 18.3 Å². The van der Waals surface area contributed by atoms with E-state index < -0.39 is 0 Å². The molecule has 0 saturated heterocycles. The van der Waals surface area contributed by atoms with Crippen LogP contribution in [0.2, 0.25) is 0 Å². The normalized spacial score (nSPS) is 46.3. The Morgan fingerprint density at radius 2 is 1.79 bits per heavy atom. The van der Waals surface area contributed by atoms with Crippen molar-refractivity contribution in [2.75, 3.05) is 0 Å². The monoisotopic (exact) mass is 316 g/mol. The molecule has 1 aromatic rings. The van der Waals surface area contributed by atoms with Gasteiger partial charge < -0.3 is 0 Å². The van der Waals surface area contributed by atoms with Crippen LogP contribution >= 0.6 is 0 Å². The van der Waals surface area contributed by atoms with Gasteiger partial charge in [-0.1, -0.05) is 29.3 Å². The van der Waals surface area contributed by atoms with Crippen LogP contribution in [0.4, 0.5) is 0 Å². The van der Waals surface area contributed by atoms with Gasteiger partial charge in [0.25, 0.3) is 0 Å². The second-order valence-electron chi connectivity index (χ2n) is 9.62. The number of carbonyl (C=O) groups excluding carboxylic acids is 1. The molecule has 122 valence electrons. The van der Waals surface area contributed by atoms with Gasteiger partial charge in [0.1, 0.15) is 5.78 Å². The maximum atomic E-state index is 13.2. The van der Waals surface area contributed by atoms with E-state index >= 15 is 0 Å². The molecular formula is C23H24O. The highest BCUT2D eigenvalue weighted by atomic mass is 16.1. The van der Waals surface area contributed by atoms with Crippen LogP contribution in [0.3, 0.4) is 0 Å². The number of hydrogen-bond acceptors (Lipinski definition) is 1. The molecular weight excluding hydrogens is 292 g/mol. The summed E-state index contributed by atoms with van der Waals surface area (Å²) in [6.45, 7) is 0. The van der Waals surface area contributed by atoms with Crippen molar-refractivity contribution in [3.63, 3.8) is 0 Å². The predicted molar refractivity (Wildman–Crippen MR) is 92.8 cm³/mol. The molecule has 0 amide bonds. The first-order valence-electron chi connectivity index (χ1n) is 10.1. The van der Waals surface area contributed by atoms with Crippen LogP contribution in [-0.4, -0.2) is 5.78 Å². The van der Waals surface area contributed by atoms with Gasteiger partial charge in [0.15, 0.2) is 0 Å². The lowest BCUT2D eigenvalue weighted by Crippen LogP contribution is -2.50. The SMILES string of the molecule is O=C1Cc2cccc3c2CC1C12CCC(C1)C1=C2C2CCC13CC2. The number of ketones is 1. The Morgan fingerprint density at radius 3 is 2.67 bits per heavy atom. The maximum absolute atomic E-state index is 13.2. The summed E-state index contributed by atoms with van der Waals surface area (Å²) in [5.74, 6) is 2.50. The first-order chi connectivity index (χ1) is 11.7. The number of carbonyl (C=O) groups is 1. The van der Waals surface area contributed by atoms with Crippen molar-refractivity contribution in [3.8, 4) is 0 Å². The second kappa shape index (κ2) is 3.74. The molecule has 3 unspecified atom stereocenters. The smallest absolute Gasteiger partial charge is 0.141 e. The van der Waals surface area contributed by atoms with Crippen LogP contribution < -0.4 is 0 Å². The predicted octanol–water partition coefficient (Wildman–Crippen LogP) is 4.52. The van der Waals surface area contributed by atoms with Gasteiger partial charge in [0, 0.05) is 23.2 Å². The lowest BCUT2D eigenvalue weighted by atomic mass is 9.46. The third-order valence-corrected chi connectivity index (χ3v) is 9.16. The Morgan fingerprint density at radius 1 is 0.958 bits per heavy atom. The molecule has 2 spiro atoms. The average Bonchev–Trinajstić information content (AvgIpc) is 3.21. The zero-order chi connectivity index (χ0) is 15.7. The Hall–Kier alpha value is -1.37. The fraction of sp³-hybridized carbons (Fsp3) is 0.609.